The van der Waals surface area contributed by atoms with Crippen LogP contribution in [0, 0.1) is 0 Å². The van der Waals surface area contributed by atoms with E-state index in [0.29, 0.717) is 11.8 Å². The van der Waals surface area contributed by atoms with Crippen molar-refractivity contribution in [1.82, 2.24) is 0 Å². The predicted octanol–water partition coefficient (Wildman–Crippen LogP) is 14.9. The zero-order valence-corrected chi connectivity index (χ0v) is 31.0. The van der Waals surface area contributed by atoms with Gasteiger partial charge in [0.2, 0.25) is 0 Å². The average Bonchev–Trinajstić information content (AvgIpc) is 3.44. The van der Waals surface area contributed by atoms with Crippen LogP contribution in [0.5, 0.6) is 0 Å². The minimum Gasteiger partial charge on any atom is -0.310 e. The van der Waals surface area contributed by atoms with Crippen LogP contribution in [0.4, 0.5) is 17.1 Å². The van der Waals surface area contributed by atoms with E-state index < -0.39 is 0 Å². The molecule has 2 fully saturated rings. The molecule has 0 unspecified atom stereocenters. The Labute approximate surface area is 311 Å². The smallest absolute Gasteiger partial charge is 0.0540 e. The lowest BCUT2D eigenvalue weighted by atomic mass is 9.79. The Morgan fingerprint density at radius 2 is 1.00 bits per heavy atom. The van der Waals surface area contributed by atoms with Gasteiger partial charge in [0.05, 0.1) is 5.69 Å². The molecule has 6 aromatic carbocycles. The summed E-state index contributed by atoms with van der Waals surface area (Å²) in [5.74, 6) is 1.37. The van der Waals surface area contributed by atoms with Crippen LogP contribution in [-0.2, 0) is 5.41 Å². The maximum absolute atomic E-state index is 2.57. The summed E-state index contributed by atoms with van der Waals surface area (Å²) in [7, 11) is 0. The van der Waals surface area contributed by atoms with Gasteiger partial charge in [-0.05, 0) is 118 Å². The summed E-state index contributed by atoms with van der Waals surface area (Å²) in [6.07, 6.45) is 13.5. The minimum atomic E-state index is -0.0807. The van der Waals surface area contributed by atoms with Crippen molar-refractivity contribution in [3.63, 3.8) is 0 Å². The van der Waals surface area contributed by atoms with Gasteiger partial charge in [0, 0.05) is 22.4 Å². The summed E-state index contributed by atoms with van der Waals surface area (Å²) >= 11 is 0. The fourth-order valence-corrected chi connectivity index (χ4v) is 9.85. The van der Waals surface area contributed by atoms with Gasteiger partial charge in [0.1, 0.15) is 0 Å². The lowest BCUT2D eigenvalue weighted by Crippen LogP contribution is -2.17. The third kappa shape index (κ3) is 5.99. The molecule has 0 radical (unpaired) electrons. The molecule has 0 aromatic heterocycles. The third-order valence-corrected chi connectivity index (χ3v) is 12.7. The van der Waals surface area contributed by atoms with Gasteiger partial charge in [-0.25, -0.2) is 0 Å². The largest absolute Gasteiger partial charge is 0.310 e. The normalized spacial score (nSPS) is 17.0. The minimum absolute atomic E-state index is 0.0807. The second-order valence-electron chi connectivity index (χ2n) is 16.2. The van der Waals surface area contributed by atoms with E-state index in [0.717, 1.165) is 0 Å². The highest BCUT2D eigenvalue weighted by Gasteiger charge is 2.37. The Kier molecular flexibility index (Phi) is 8.83. The lowest BCUT2D eigenvalue weighted by molar-refractivity contribution is 0.443. The van der Waals surface area contributed by atoms with Gasteiger partial charge in [-0.2, -0.15) is 0 Å². The van der Waals surface area contributed by atoms with E-state index in [1.807, 2.05) is 0 Å². The maximum atomic E-state index is 2.57. The number of hydrogen-bond acceptors (Lipinski definition) is 1. The molecule has 0 amide bonds. The van der Waals surface area contributed by atoms with E-state index in [1.54, 1.807) is 5.56 Å². The number of hydrogen-bond donors (Lipinski definition) is 0. The first-order valence-corrected chi connectivity index (χ1v) is 20.0. The predicted molar refractivity (Wildman–Crippen MR) is 221 cm³/mol. The molecule has 0 N–H and O–H groups in total. The highest BCUT2D eigenvalue weighted by atomic mass is 15.1. The first-order valence-electron chi connectivity index (χ1n) is 20.0. The zero-order valence-electron chi connectivity index (χ0n) is 31.0. The van der Waals surface area contributed by atoms with Crippen molar-refractivity contribution in [2.24, 2.45) is 0 Å². The average molecular weight is 678 g/mol. The lowest BCUT2D eigenvalue weighted by Gasteiger charge is -2.30. The molecular weight excluding hydrogens is 627 g/mol. The molecule has 0 spiro atoms. The van der Waals surface area contributed by atoms with E-state index in [-0.39, 0.29) is 5.41 Å². The summed E-state index contributed by atoms with van der Waals surface area (Å²) < 4.78 is 0. The van der Waals surface area contributed by atoms with Gasteiger partial charge in [0.15, 0.2) is 0 Å². The number of para-hydroxylation sites is 1. The first-order chi connectivity index (χ1) is 25.6. The molecule has 0 aliphatic heterocycles. The van der Waals surface area contributed by atoms with Crippen molar-refractivity contribution in [2.45, 2.75) is 95.3 Å². The fraction of sp³-hybridized carbons (Fsp3) is 0.294. The van der Waals surface area contributed by atoms with E-state index in [2.05, 4.69) is 158 Å². The molecule has 6 aromatic rings. The zero-order chi connectivity index (χ0) is 35.1. The number of rotatable bonds is 7. The van der Waals surface area contributed by atoms with Gasteiger partial charge < -0.3 is 4.90 Å². The molecule has 3 aliphatic rings. The number of anilines is 3. The summed E-state index contributed by atoms with van der Waals surface area (Å²) in [4.78, 5) is 2.49. The molecule has 1 nitrogen and oxygen atoms in total. The molecule has 0 atom stereocenters. The maximum Gasteiger partial charge on any atom is 0.0540 e. The molecule has 0 heterocycles. The second-order valence-corrected chi connectivity index (χ2v) is 16.2. The Balaban J connectivity index is 1.14. The van der Waals surface area contributed by atoms with Gasteiger partial charge in [-0.15, -0.1) is 0 Å². The van der Waals surface area contributed by atoms with Gasteiger partial charge in [-0.1, -0.05) is 162 Å². The molecular formula is C51H51N. The van der Waals surface area contributed by atoms with Crippen LogP contribution < -0.4 is 4.90 Å². The number of nitrogens with zero attached hydrogens (tertiary/aromatic N) is 1. The highest BCUT2D eigenvalue weighted by molar-refractivity contribution is 5.91. The number of benzene rings is 6. The van der Waals surface area contributed by atoms with Gasteiger partial charge >= 0.3 is 0 Å². The quantitative estimate of drug-likeness (QED) is 0.163. The Hall–Kier alpha value is -4.88. The van der Waals surface area contributed by atoms with E-state index in [1.165, 1.54) is 131 Å². The third-order valence-electron chi connectivity index (χ3n) is 12.7. The molecule has 2 saturated carbocycles. The van der Waals surface area contributed by atoms with Crippen LogP contribution in [0.2, 0.25) is 0 Å². The summed E-state index contributed by atoms with van der Waals surface area (Å²) in [5, 5.41) is 0. The Morgan fingerprint density at radius 1 is 0.442 bits per heavy atom. The van der Waals surface area contributed by atoms with Crippen LogP contribution in [0.25, 0.3) is 33.4 Å². The molecule has 0 bridgehead atoms. The summed E-state index contributed by atoms with van der Waals surface area (Å²) in [5.41, 5.74) is 17.4. The molecule has 52 heavy (non-hydrogen) atoms. The van der Waals surface area contributed by atoms with E-state index in [9.17, 15) is 0 Å². The SMILES string of the molecule is CC1(C)c2cc(C3CCCCC3)ccc2-c2ccc(N(c3ccc(-c4ccccc4C4CCCCC4)cc3)c3ccccc3-c3ccccc3)cc21. The van der Waals surface area contributed by atoms with Crippen molar-refractivity contribution in [3.05, 3.63) is 162 Å². The van der Waals surface area contributed by atoms with Crippen molar-refractivity contribution in [2.75, 3.05) is 4.90 Å². The molecule has 9 rings (SSSR count). The van der Waals surface area contributed by atoms with Crippen molar-refractivity contribution >= 4 is 17.1 Å². The monoisotopic (exact) mass is 677 g/mol. The van der Waals surface area contributed by atoms with Crippen LogP contribution in [-0.4, -0.2) is 0 Å². The fourth-order valence-electron chi connectivity index (χ4n) is 9.85. The first kappa shape index (κ1) is 33.0. The molecule has 0 saturated heterocycles. The Bertz CT molecular complexity index is 2180. The van der Waals surface area contributed by atoms with Crippen molar-refractivity contribution in [1.29, 1.82) is 0 Å². The molecule has 3 aliphatic carbocycles. The standard InChI is InChI=1S/C51H51N/c1-51(2)48-34-40(36-16-6-3-7-17-36)28-32-46(48)47-33-31-42(35-49(47)51)52(50-25-15-14-24-45(50)38-20-10-5-11-21-38)41-29-26-39(27-30-41)44-23-13-12-22-43(44)37-18-8-4-9-19-37/h5,10-15,20-37H,3-4,6-9,16-19H2,1-2H3. The van der Waals surface area contributed by atoms with Crippen LogP contribution in [0.3, 0.4) is 0 Å². The molecule has 260 valence electrons. The van der Waals surface area contributed by atoms with Gasteiger partial charge in [0.25, 0.3) is 0 Å². The van der Waals surface area contributed by atoms with Crippen LogP contribution in [0.1, 0.15) is 112 Å². The van der Waals surface area contributed by atoms with Gasteiger partial charge in [-0.3, -0.25) is 0 Å². The summed E-state index contributed by atoms with van der Waals surface area (Å²) in [6, 6.07) is 53.0. The van der Waals surface area contributed by atoms with E-state index in [4.69, 9.17) is 0 Å². The molecule has 1 heteroatoms. The summed E-state index contributed by atoms with van der Waals surface area (Å²) in [6.45, 7) is 4.87. The Morgan fingerprint density at radius 3 is 1.73 bits per heavy atom. The van der Waals surface area contributed by atoms with Crippen molar-refractivity contribution in [3.8, 4) is 33.4 Å². The topological polar surface area (TPSA) is 3.24 Å². The second kappa shape index (κ2) is 13.9. The number of fused-ring (bicyclic) bond motifs is 3. The van der Waals surface area contributed by atoms with Crippen LogP contribution >= 0.6 is 0 Å². The van der Waals surface area contributed by atoms with Crippen molar-refractivity contribution < 1.29 is 0 Å². The van der Waals surface area contributed by atoms with Crippen LogP contribution in [0.15, 0.2) is 140 Å². The van der Waals surface area contributed by atoms with E-state index >= 15 is 0 Å². The highest BCUT2D eigenvalue weighted by Crippen LogP contribution is 2.52.